The van der Waals surface area contributed by atoms with E-state index in [1.54, 1.807) is 14.0 Å². The van der Waals surface area contributed by atoms with Crippen LogP contribution in [0.15, 0.2) is 24.0 Å². The summed E-state index contributed by atoms with van der Waals surface area (Å²) in [6.45, 7) is 5.81. The fraction of sp³-hybridized carbons (Fsp3) is 0.583. The van der Waals surface area contributed by atoms with Crippen molar-refractivity contribution in [3.63, 3.8) is 0 Å². The molecule has 8 heteroatoms. The lowest BCUT2D eigenvalue weighted by Crippen LogP contribution is -2.53. The molecule has 1 saturated heterocycles. The van der Waals surface area contributed by atoms with Crippen molar-refractivity contribution in [3.8, 4) is 11.5 Å². The van der Waals surface area contributed by atoms with Crippen LogP contribution >= 0.6 is 0 Å². The number of ether oxygens (including phenoxy) is 5. The molecule has 0 unspecified atom stereocenters. The van der Waals surface area contributed by atoms with Crippen LogP contribution in [0, 0.1) is 0 Å². The van der Waals surface area contributed by atoms with Gasteiger partial charge in [0.1, 0.15) is 5.76 Å². The summed E-state index contributed by atoms with van der Waals surface area (Å²) in [5.74, 6) is 0.988. The van der Waals surface area contributed by atoms with Crippen LogP contribution in [-0.4, -0.2) is 61.6 Å². The number of cyclic esters (lactones) is 1. The Morgan fingerprint density at radius 1 is 1.28 bits per heavy atom. The Morgan fingerprint density at radius 3 is 2.72 bits per heavy atom. The van der Waals surface area contributed by atoms with Crippen LogP contribution < -0.4 is 9.47 Å². The van der Waals surface area contributed by atoms with E-state index in [0.717, 1.165) is 49.2 Å². The van der Waals surface area contributed by atoms with E-state index in [-0.39, 0.29) is 25.2 Å². The van der Waals surface area contributed by atoms with Gasteiger partial charge in [0.15, 0.2) is 17.6 Å². The zero-order valence-corrected chi connectivity index (χ0v) is 18.7. The number of hydrogen-bond acceptors (Lipinski definition) is 8. The molecule has 0 saturated carbocycles. The lowest BCUT2D eigenvalue weighted by molar-refractivity contribution is -0.207. The van der Waals surface area contributed by atoms with E-state index in [9.17, 15) is 9.59 Å². The molecule has 0 aromatic heterocycles. The van der Waals surface area contributed by atoms with Gasteiger partial charge in [-0.25, -0.2) is 4.79 Å². The fourth-order valence-corrected chi connectivity index (χ4v) is 5.15. The minimum Gasteiger partial charge on any atom is -0.497 e. The van der Waals surface area contributed by atoms with E-state index >= 15 is 0 Å². The van der Waals surface area contributed by atoms with E-state index in [1.165, 1.54) is 0 Å². The second-order valence-electron chi connectivity index (χ2n) is 9.04. The summed E-state index contributed by atoms with van der Waals surface area (Å²) in [6.07, 6.45) is 4.53. The van der Waals surface area contributed by atoms with Gasteiger partial charge in [-0.1, -0.05) is 13.3 Å². The van der Waals surface area contributed by atoms with E-state index in [1.807, 2.05) is 6.07 Å². The lowest BCUT2D eigenvalue weighted by atomic mass is 9.87. The van der Waals surface area contributed by atoms with Crippen LogP contribution in [0.4, 0.5) is 0 Å². The zero-order valence-electron chi connectivity index (χ0n) is 18.7. The minimum atomic E-state index is -1.24. The van der Waals surface area contributed by atoms with Gasteiger partial charge in [-0.15, -0.1) is 0 Å². The zero-order chi connectivity index (χ0) is 22.5. The summed E-state index contributed by atoms with van der Waals surface area (Å²) in [4.78, 5) is 26.8. The highest BCUT2D eigenvalue weighted by Gasteiger charge is 2.53. The summed E-state index contributed by atoms with van der Waals surface area (Å²) >= 11 is 0. The largest absolute Gasteiger partial charge is 0.497 e. The number of unbranched alkanes of at least 4 members (excludes halogenated alkanes) is 1. The molecule has 1 fully saturated rings. The quantitative estimate of drug-likeness (QED) is 0.621. The lowest BCUT2D eigenvalue weighted by Gasteiger charge is -2.37. The van der Waals surface area contributed by atoms with Crippen molar-refractivity contribution in [2.45, 2.75) is 63.2 Å². The standard InChI is InChI=1S/C24H29NO7/c1-4-5-7-25-8-6-14-9-17-18(30-13-29-17)10-15(14)21-16(25)11-19(28-3)22(21)31-23(27)24(2)12-20(26)32-24/h9-11,16,21-22H,4-8,12-13H2,1-3H3/t16-,21-,22+,24+/m0/s1. The van der Waals surface area contributed by atoms with Crippen molar-refractivity contribution in [2.75, 3.05) is 27.0 Å². The third-order valence-electron chi connectivity index (χ3n) is 6.91. The highest BCUT2D eigenvalue weighted by Crippen LogP contribution is 2.47. The van der Waals surface area contributed by atoms with Crippen LogP contribution in [0.1, 0.15) is 50.2 Å². The van der Waals surface area contributed by atoms with Crippen molar-refractivity contribution in [1.29, 1.82) is 0 Å². The van der Waals surface area contributed by atoms with Gasteiger partial charge >= 0.3 is 11.9 Å². The molecule has 0 amide bonds. The van der Waals surface area contributed by atoms with Gasteiger partial charge in [0, 0.05) is 18.5 Å². The molecule has 0 bridgehead atoms. The van der Waals surface area contributed by atoms with Crippen LogP contribution in [0.3, 0.4) is 0 Å². The SMILES string of the molecule is CCCCN1CCc2cc3c(cc2[C@@H]2[C@H](OC(=O)[C@@]4(C)CC(=O)O4)C(OC)=C[C@@H]21)OCO3. The van der Waals surface area contributed by atoms with Crippen molar-refractivity contribution in [1.82, 2.24) is 4.90 Å². The Balaban J connectivity index is 1.52. The minimum absolute atomic E-state index is 0.0210. The van der Waals surface area contributed by atoms with Crippen LogP contribution in [-0.2, 0) is 30.2 Å². The van der Waals surface area contributed by atoms with E-state index in [4.69, 9.17) is 23.7 Å². The third-order valence-corrected chi connectivity index (χ3v) is 6.91. The maximum atomic E-state index is 13.0. The molecule has 3 aliphatic heterocycles. The van der Waals surface area contributed by atoms with Crippen LogP contribution in [0.25, 0.3) is 0 Å². The Bertz CT molecular complexity index is 963. The number of rotatable bonds is 6. The average Bonchev–Trinajstić information content (AvgIpc) is 3.32. The van der Waals surface area contributed by atoms with Crippen LogP contribution in [0.5, 0.6) is 11.5 Å². The maximum absolute atomic E-state index is 13.0. The summed E-state index contributed by atoms with van der Waals surface area (Å²) < 4.78 is 28.1. The number of methoxy groups -OCH3 is 1. The van der Waals surface area contributed by atoms with Gasteiger partial charge in [-0.05, 0) is 55.6 Å². The second kappa shape index (κ2) is 7.99. The molecule has 3 heterocycles. The smallest absolute Gasteiger partial charge is 0.351 e. The van der Waals surface area contributed by atoms with E-state index < -0.39 is 23.6 Å². The third kappa shape index (κ3) is 3.41. The van der Waals surface area contributed by atoms with Gasteiger partial charge in [-0.2, -0.15) is 0 Å². The Hall–Kier alpha value is -2.74. The number of hydrogen-bond donors (Lipinski definition) is 0. The van der Waals surface area contributed by atoms with Gasteiger partial charge in [-0.3, -0.25) is 9.69 Å². The Labute approximate surface area is 187 Å². The van der Waals surface area contributed by atoms with Gasteiger partial charge in [0.05, 0.1) is 13.5 Å². The monoisotopic (exact) mass is 443 g/mol. The normalized spacial score (nSPS) is 30.4. The predicted octanol–water partition coefficient (Wildman–Crippen LogP) is 2.69. The first-order chi connectivity index (χ1) is 15.4. The number of benzene rings is 1. The molecule has 1 aliphatic carbocycles. The molecular weight excluding hydrogens is 414 g/mol. The topological polar surface area (TPSA) is 83.5 Å². The highest BCUT2D eigenvalue weighted by molar-refractivity contribution is 5.93. The second-order valence-corrected chi connectivity index (χ2v) is 9.04. The predicted molar refractivity (Wildman–Crippen MR) is 113 cm³/mol. The molecule has 1 aromatic carbocycles. The van der Waals surface area contributed by atoms with Gasteiger partial charge in [0.25, 0.3) is 0 Å². The highest BCUT2D eigenvalue weighted by atomic mass is 16.7. The molecule has 1 aromatic rings. The molecule has 32 heavy (non-hydrogen) atoms. The summed E-state index contributed by atoms with van der Waals surface area (Å²) in [5.41, 5.74) is 1.00. The molecule has 5 rings (SSSR count). The van der Waals surface area contributed by atoms with Crippen molar-refractivity contribution in [3.05, 3.63) is 35.1 Å². The average molecular weight is 443 g/mol. The van der Waals surface area contributed by atoms with Crippen molar-refractivity contribution in [2.24, 2.45) is 0 Å². The fourth-order valence-electron chi connectivity index (χ4n) is 5.15. The molecule has 4 atom stereocenters. The number of carbonyl (C=O) groups excluding carboxylic acids is 2. The molecule has 4 aliphatic rings. The summed E-state index contributed by atoms with van der Waals surface area (Å²) in [7, 11) is 1.60. The van der Waals surface area contributed by atoms with Crippen LogP contribution in [0.2, 0.25) is 0 Å². The Morgan fingerprint density at radius 2 is 2.03 bits per heavy atom. The first kappa shape index (κ1) is 21.1. The molecule has 172 valence electrons. The number of fused-ring (bicyclic) bond motifs is 4. The number of nitrogens with zero attached hydrogens (tertiary/aromatic N) is 1. The maximum Gasteiger partial charge on any atom is 0.351 e. The molecular formula is C24H29NO7. The van der Waals surface area contributed by atoms with Crippen molar-refractivity contribution >= 4 is 11.9 Å². The number of carbonyl (C=O) groups is 2. The summed E-state index contributed by atoms with van der Waals surface area (Å²) in [5, 5.41) is 0. The number of esters is 2. The molecule has 0 radical (unpaired) electrons. The van der Waals surface area contributed by atoms with E-state index in [2.05, 4.69) is 24.0 Å². The van der Waals surface area contributed by atoms with Gasteiger partial charge < -0.3 is 23.7 Å². The van der Waals surface area contributed by atoms with Crippen molar-refractivity contribution < 1.29 is 33.3 Å². The Kier molecular flexibility index (Phi) is 5.28. The summed E-state index contributed by atoms with van der Waals surface area (Å²) in [6, 6.07) is 4.10. The first-order valence-corrected chi connectivity index (χ1v) is 11.3. The molecule has 0 spiro atoms. The molecule has 0 N–H and O–H groups in total. The van der Waals surface area contributed by atoms with E-state index in [0.29, 0.717) is 11.5 Å². The molecule has 8 nitrogen and oxygen atoms in total. The first-order valence-electron chi connectivity index (χ1n) is 11.3. The van der Waals surface area contributed by atoms with Gasteiger partial charge in [0.2, 0.25) is 12.4 Å².